The molecule has 1 aromatic heterocycles. The molecule has 2 aromatic rings. The molecule has 8 heteroatoms. The largest absolute Gasteiger partial charge is 0.418 e. The van der Waals surface area contributed by atoms with Crippen LogP contribution in [0.25, 0.3) is 10.9 Å². The number of alkyl halides is 3. The number of anilines is 1. The van der Waals surface area contributed by atoms with Crippen molar-refractivity contribution in [3.05, 3.63) is 36.0 Å². The van der Waals surface area contributed by atoms with Gasteiger partial charge in [0.15, 0.2) is 0 Å². The lowest BCUT2D eigenvalue weighted by Gasteiger charge is -2.40. The van der Waals surface area contributed by atoms with Gasteiger partial charge in [-0.3, -0.25) is 14.7 Å². The van der Waals surface area contributed by atoms with E-state index in [1.54, 1.807) is 18.2 Å². The third-order valence-electron chi connectivity index (χ3n) is 7.18. The maximum absolute atomic E-state index is 13.5. The molecule has 2 aliphatic heterocycles. The molecule has 0 amide bonds. The molecule has 0 bridgehead atoms. The van der Waals surface area contributed by atoms with Crippen LogP contribution >= 0.6 is 0 Å². The van der Waals surface area contributed by atoms with E-state index in [0.29, 0.717) is 24.3 Å². The van der Waals surface area contributed by atoms with Crippen LogP contribution in [0.5, 0.6) is 0 Å². The van der Waals surface area contributed by atoms with Crippen molar-refractivity contribution in [3.63, 3.8) is 0 Å². The number of hydrogen-bond donors (Lipinski definition) is 0. The number of likely N-dealkylation sites (N-methyl/N-ethyl adjacent to an activating group) is 1. The maximum Gasteiger partial charge on any atom is 0.418 e. The molecule has 1 aromatic carbocycles. The number of fused-ring (bicyclic) bond motifs is 1. The van der Waals surface area contributed by atoms with Gasteiger partial charge in [-0.25, -0.2) is 0 Å². The monoisotopic (exact) mass is 462 g/mol. The Kier molecular flexibility index (Phi) is 6.96. The summed E-state index contributed by atoms with van der Waals surface area (Å²) < 4.78 is 40.5. The van der Waals surface area contributed by atoms with E-state index in [2.05, 4.69) is 33.7 Å². The zero-order valence-corrected chi connectivity index (χ0v) is 19.6. The number of pyridine rings is 1. The average Bonchev–Trinajstić information content (AvgIpc) is 2.77. The minimum Gasteiger partial charge on any atom is -0.370 e. The van der Waals surface area contributed by atoms with Gasteiger partial charge in [-0.1, -0.05) is 6.92 Å². The van der Waals surface area contributed by atoms with Crippen LogP contribution in [0, 0.1) is 11.8 Å². The third-order valence-corrected chi connectivity index (χ3v) is 7.18. The van der Waals surface area contributed by atoms with Gasteiger partial charge in [0, 0.05) is 63.0 Å². The molecular weight excluding hydrogens is 429 g/mol. The second kappa shape index (κ2) is 9.58. The van der Waals surface area contributed by atoms with E-state index in [1.165, 1.54) is 6.20 Å². The number of carbonyl (C=O) groups excluding carboxylic acids is 1. The number of Topliss-reactive ketones (excluding diaryl/α,β-unsaturated/α-hetero) is 1. The molecular formula is C25H33F3N4O. The molecule has 3 heterocycles. The van der Waals surface area contributed by atoms with Gasteiger partial charge in [0.25, 0.3) is 0 Å². The fourth-order valence-electron chi connectivity index (χ4n) is 5.36. The average molecular weight is 463 g/mol. The number of piperazine rings is 1. The molecule has 0 spiro atoms. The molecule has 1 unspecified atom stereocenters. The van der Waals surface area contributed by atoms with Gasteiger partial charge in [0.05, 0.1) is 17.1 Å². The lowest BCUT2D eigenvalue weighted by Crippen LogP contribution is -2.51. The zero-order valence-electron chi connectivity index (χ0n) is 19.6. The van der Waals surface area contributed by atoms with E-state index in [9.17, 15) is 18.0 Å². The Morgan fingerprint density at radius 1 is 1.15 bits per heavy atom. The van der Waals surface area contributed by atoms with Gasteiger partial charge < -0.3 is 9.80 Å². The summed E-state index contributed by atoms with van der Waals surface area (Å²) >= 11 is 0. The van der Waals surface area contributed by atoms with Crippen LogP contribution in [-0.4, -0.2) is 72.9 Å². The summed E-state index contributed by atoms with van der Waals surface area (Å²) in [6.45, 7) is 9.34. The number of piperidine rings is 1. The summed E-state index contributed by atoms with van der Waals surface area (Å²) in [6.07, 6.45) is -1.59. The number of rotatable bonds is 5. The zero-order chi connectivity index (χ0) is 23.8. The van der Waals surface area contributed by atoms with Crippen LogP contribution in [0.1, 0.15) is 32.3 Å². The quantitative estimate of drug-likeness (QED) is 0.662. The van der Waals surface area contributed by atoms with Crippen LogP contribution in [0.4, 0.5) is 18.9 Å². The van der Waals surface area contributed by atoms with Crippen molar-refractivity contribution in [1.29, 1.82) is 0 Å². The molecule has 3 atom stereocenters. The first-order valence-corrected chi connectivity index (χ1v) is 11.8. The van der Waals surface area contributed by atoms with Crippen molar-refractivity contribution in [2.75, 3.05) is 51.2 Å². The molecule has 180 valence electrons. The van der Waals surface area contributed by atoms with E-state index in [4.69, 9.17) is 0 Å². The second-order valence-corrected chi connectivity index (χ2v) is 9.83. The van der Waals surface area contributed by atoms with Crippen LogP contribution in [0.2, 0.25) is 0 Å². The Morgan fingerprint density at radius 3 is 2.58 bits per heavy atom. The first-order chi connectivity index (χ1) is 15.6. The molecule has 0 saturated carbocycles. The van der Waals surface area contributed by atoms with Crippen LogP contribution in [0.3, 0.4) is 0 Å². The van der Waals surface area contributed by atoms with Gasteiger partial charge in [-0.2, -0.15) is 13.2 Å². The maximum atomic E-state index is 13.5. The summed E-state index contributed by atoms with van der Waals surface area (Å²) in [5.41, 5.74) is 0.0406. The highest BCUT2D eigenvalue weighted by Crippen LogP contribution is 2.39. The number of hydrogen-bond acceptors (Lipinski definition) is 5. The summed E-state index contributed by atoms with van der Waals surface area (Å²) in [7, 11) is 2.10. The molecule has 4 rings (SSSR count). The highest BCUT2D eigenvalue weighted by molar-refractivity contribution is 5.94. The lowest BCUT2D eigenvalue weighted by atomic mass is 9.85. The van der Waals surface area contributed by atoms with Crippen molar-refractivity contribution in [3.8, 4) is 0 Å². The topological polar surface area (TPSA) is 39.7 Å². The predicted molar refractivity (Wildman–Crippen MR) is 124 cm³/mol. The number of benzene rings is 1. The molecule has 2 saturated heterocycles. The number of halogens is 3. The van der Waals surface area contributed by atoms with Crippen LogP contribution in [-0.2, 0) is 11.0 Å². The first kappa shape index (κ1) is 24.0. The van der Waals surface area contributed by atoms with Gasteiger partial charge >= 0.3 is 6.18 Å². The molecule has 2 fully saturated rings. The Labute approximate surface area is 193 Å². The SMILES string of the molecule is CC(C(=O)C[C@@H]1C[C@H](C)CN(c2ccc(C(F)(F)F)c3ncccc23)C1)N1CCN(C)CC1. The van der Waals surface area contributed by atoms with Crippen LogP contribution in [0.15, 0.2) is 30.5 Å². The summed E-state index contributed by atoms with van der Waals surface area (Å²) in [5, 5.41) is 0.511. The highest BCUT2D eigenvalue weighted by Gasteiger charge is 2.35. The van der Waals surface area contributed by atoms with Crippen LogP contribution < -0.4 is 4.90 Å². The van der Waals surface area contributed by atoms with Gasteiger partial charge in [-0.05, 0) is 56.5 Å². The van der Waals surface area contributed by atoms with Crippen molar-refractivity contribution >= 4 is 22.4 Å². The predicted octanol–water partition coefficient (Wildman–Crippen LogP) is 4.31. The number of carbonyl (C=O) groups is 1. The summed E-state index contributed by atoms with van der Waals surface area (Å²) in [6, 6.07) is 6.00. The summed E-state index contributed by atoms with van der Waals surface area (Å²) in [5.74, 6) is 0.798. The van der Waals surface area contributed by atoms with E-state index >= 15 is 0 Å². The first-order valence-electron chi connectivity index (χ1n) is 11.8. The lowest BCUT2D eigenvalue weighted by molar-refractivity contribution is -0.136. The molecule has 0 radical (unpaired) electrons. The van der Waals surface area contributed by atoms with Crippen molar-refractivity contribution < 1.29 is 18.0 Å². The fraction of sp³-hybridized carbons (Fsp3) is 0.600. The molecule has 0 aliphatic carbocycles. The third kappa shape index (κ3) is 5.32. The number of nitrogens with zero attached hydrogens (tertiary/aromatic N) is 4. The molecule has 2 aliphatic rings. The number of ketones is 1. The second-order valence-electron chi connectivity index (χ2n) is 9.83. The van der Waals surface area contributed by atoms with E-state index in [-0.39, 0.29) is 23.3 Å². The highest BCUT2D eigenvalue weighted by atomic mass is 19.4. The molecule has 0 N–H and O–H groups in total. The van der Waals surface area contributed by atoms with Crippen molar-refractivity contribution in [1.82, 2.24) is 14.8 Å². The van der Waals surface area contributed by atoms with Crippen molar-refractivity contribution in [2.45, 2.75) is 38.9 Å². The van der Waals surface area contributed by atoms with E-state index in [1.807, 2.05) is 6.92 Å². The molecule has 33 heavy (non-hydrogen) atoms. The van der Waals surface area contributed by atoms with Gasteiger partial charge in [0.1, 0.15) is 5.78 Å². The Morgan fingerprint density at radius 2 is 1.88 bits per heavy atom. The van der Waals surface area contributed by atoms with Gasteiger partial charge in [-0.15, -0.1) is 0 Å². The normalized spacial score (nSPS) is 24.2. The fourth-order valence-corrected chi connectivity index (χ4v) is 5.36. The van der Waals surface area contributed by atoms with E-state index < -0.39 is 11.7 Å². The van der Waals surface area contributed by atoms with E-state index in [0.717, 1.165) is 50.9 Å². The Hall–Kier alpha value is -2.19. The smallest absolute Gasteiger partial charge is 0.370 e. The number of aromatic nitrogens is 1. The Bertz CT molecular complexity index is 987. The van der Waals surface area contributed by atoms with Crippen molar-refractivity contribution in [2.24, 2.45) is 11.8 Å². The summed E-state index contributed by atoms with van der Waals surface area (Å²) in [4.78, 5) is 23.9. The molecule has 5 nitrogen and oxygen atoms in total. The minimum atomic E-state index is -4.45. The minimum absolute atomic E-state index is 0.0166. The standard InChI is InChI=1S/C25H33F3N4O/c1-17-13-19(14-23(33)18(2)31-11-9-30(3)10-12-31)16-32(15-17)22-7-6-21(25(26,27)28)24-20(22)5-4-8-29-24/h4-8,17-19H,9-16H2,1-3H3/t17-,18?,19-/m0/s1. The van der Waals surface area contributed by atoms with Gasteiger partial charge in [0.2, 0.25) is 0 Å². The Balaban J connectivity index is 1.51.